The molecule has 0 bridgehead atoms. The van der Waals surface area contributed by atoms with Crippen molar-refractivity contribution in [2.75, 3.05) is 10.6 Å². The van der Waals surface area contributed by atoms with E-state index in [-0.39, 0.29) is 5.69 Å². The van der Waals surface area contributed by atoms with Gasteiger partial charge in [-0.05, 0) is 48.5 Å². The Hall–Kier alpha value is -4.64. The lowest BCUT2D eigenvalue weighted by Gasteiger charge is -2.13. The van der Waals surface area contributed by atoms with E-state index in [1.54, 1.807) is 71.8 Å². The largest absolute Gasteiger partial charge is 0.457 e. The average molecular weight is 525 g/mol. The van der Waals surface area contributed by atoms with Crippen molar-refractivity contribution in [3.63, 3.8) is 0 Å². The summed E-state index contributed by atoms with van der Waals surface area (Å²) in [5, 5.41) is 8.62. The molecule has 12 heteroatoms. The minimum absolute atomic E-state index is 0.0617. The molecule has 0 spiro atoms. The van der Waals surface area contributed by atoms with E-state index in [0.717, 1.165) is 12.1 Å². The van der Waals surface area contributed by atoms with Crippen LogP contribution in [0.1, 0.15) is 5.56 Å². The molecule has 0 atom stereocenters. The fourth-order valence-electron chi connectivity index (χ4n) is 3.45. The molecule has 2 N–H and O–H groups in total. The van der Waals surface area contributed by atoms with Gasteiger partial charge in [0.05, 0.1) is 27.8 Å². The van der Waals surface area contributed by atoms with Gasteiger partial charge in [-0.2, -0.15) is 18.3 Å². The lowest BCUT2D eigenvalue weighted by Crippen LogP contribution is -2.20. The second kappa shape index (κ2) is 9.78. The fourth-order valence-corrected chi connectivity index (χ4v) is 3.67. The Bertz CT molecular complexity index is 1590. The molecule has 0 unspecified atom stereocenters. The van der Waals surface area contributed by atoms with Crippen LogP contribution in [0.15, 0.2) is 85.3 Å². The average Bonchev–Trinajstić information content (AvgIpc) is 3.39. The number of fused-ring (bicyclic) bond motifs is 1. The number of hydrogen-bond donors (Lipinski definition) is 2. The molecule has 37 heavy (non-hydrogen) atoms. The summed E-state index contributed by atoms with van der Waals surface area (Å²) in [5.74, 6) is 1.45. The van der Waals surface area contributed by atoms with E-state index >= 15 is 0 Å². The van der Waals surface area contributed by atoms with Crippen LogP contribution < -0.4 is 15.4 Å². The Balaban J connectivity index is 1.29. The molecule has 2 amide bonds. The minimum Gasteiger partial charge on any atom is -0.457 e. The highest BCUT2D eigenvalue weighted by Gasteiger charge is 2.33. The number of urea groups is 1. The zero-order valence-electron chi connectivity index (χ0n) is 18.7. The number of rotatable bonds is 5. The summed E-state index contributed by atoms with van der Waals surface area (Å²) < 4.78 is 46.7. The van der Waals surface area contributed by atoms with E-state index in [1.807, 2.05) is 0 Å². The van der Waals surface area contributed by atoms with E-state index in [2.05, 4.69) is 25.7 Å². The summed E-state index contributed by atoms with van der Waals surface area (Å²) in [5.41, 5.74) is 0.528. The van der Waals surface area contributed by atoms with Crippen LogP contribution in [0.5, 0.6) is 11.5 Å². The number of aromatic nitrogens is 4. The van der Waals surface area contributed by atoms with Crippen molar-refractivity contribution in [3.05, 3.63) is 95.9 Å². The molecule has 8 nitrogen and oxygen atoms in total. The van der Waals surface area contributed by atoms with Crippen LogP contribution in [0.25, 0.3) is 16.9 Å². The van der Waals surface area contributed by atoms with Crippen LogP contribution in [-0.2, 0) is 6.18 Å². The van der Waals surface area contributed by atoms with Gasteiger partial charge in [0.25, 0.3) is 0 Å². The number of nitrogens with zero attached hydrogens (tertiary/aromatic N) is 4. The number of anilines is 2. The summed E-state index contributed by atoms with van der Waals surface area (Å²) in [6.45, 7) is 0. The first-order valence-electron chi connectivity index (χ1n) is 10.7. The SMILES string of the molecule is O=C(Nc1cccc(Oc2ccc3ncc(-n4cccn4)nc3c2)c1)Nc1ccc(Cl)c(C(F)(F)F)c1. The number of carbonyl (C=O) groups excluding carboxylic acids is 1. The van der Waals surface area contributed by atoms with Gasteiger partial charge in [-0.15, -0.1) is 0 Å². The molecule has 0 saturated carbocycles. The summed E-state index contributed by atoms with van der Waals surface area (Å²) in [7, 11) is 0. The lowest BCUT2D eigenvalue weighted by atomic mass is 10.2. The molecule has 0 fully saturated rings. The first-order chi connectivity index (χ1) is 17.7. The Kier molecular flexibility index (Phi) is 6.36. The quantitative estimate of drug-likeness (QED) is 0.260. The molecular weight excluding hydrogens is 509 g/mol. The summed E-state index contributed by atoms with van der Waals surface area (Å²) >= 11 is 5.62. The highest BCUT2D eigenvalue weighted by atomic mass is 35.5. The second-order valence-corrected chi connectivity index (χ2v) is 8.14. The van der Waals surface area contributed by atoms with Gasteiger partial charge in [-0.3, -0.25) is 4.98 Å². The van der Waals surface area contributed by atoms with Crippen LogP contribution in [0.2, 0.25) is 5.02 Å². The topological polar surface area (TPSA) is 94.0 Å². The van der Waals surface area contributed by atoms with Crippen molar-refractivity contribution >= 4 is 40.0 Å². The normalized spacial score (nSPS) is 11.4. The third kappa shape index (κ3) is 5.62. The van der Waals surface area contributed by atoms with E-state index < -0.39 is 22.8 Å². The molecule has 0 aliphatic carbocycles. The number of amides is 2. The summed E-state index contributed by atoms with van der Waals surface area (Å²) in [6, 6.07) is 15.9. The third-order valence-electron chi connectivity index (χ3n) is 5.10. The maximum atomic E-state index is 13.1. The van der Waals surface area contributed by atoms with Gasteiger partial charge < -0.3 is 15.4 Å². The van der Waals surface area contributed by atoms with Gasteiger partial charge in [0.2, 0.25) is 0 Å². The van der Waals surface area contributed by atoms with Crippen molar-refractivity contribution in [3.8, 4) is 17.3 Å². The monoisotopic (exact) mass is 524 g/mol. The third-order valence-corrected chi connectivity index (χ3v) is 5.43. The molecule has 5 aromatic rings. The van der Waals surface area contributed by atoms with Crippen molar-refractivity contribution in [2.24, 2.45) is 0 Å². The van der Waals surface area contributed by atoms with Crippen molar-refractivity contribution < 1.29 is 22.7 Å². The van der Waals surface area contributed by atoms with Crippen molar-refractivity contribution in [2.45, 2.75) is 6.18 Å². The van der Waals surface area contributed by atoms with Gasteiger partial charge in [-0.25, -0.2) is 14.5 Å². The molecule has 186 valence electrons. The zero-order valence-corrected chi connectivity index (χ0v) is 19.5. The molecule has 0 radical (unpaired) electrons. The molecule has 2 aromatic heterocycles. The maximum absolute atomic E-state index is 13.1. The summed E-state index contributed by atoms with van der Waals surface area (Å²) in [4.78, 5) is 21.3. The molecular formula is C25H16ClF3N6O2. The van der Waals surface area contributed by atoms with Crippen molar-refractivity contribution in [1.29, 1.82) is 0 Å². The number of halogens is 4. The Morgan fingerprint density at radius 2 is 1.70 bits per heavy atom. The Morgan fingerprint density at radius 1 is 0.919 bits per heavy atom. The molecule has 0 aliphatic rings. The molecule has 0 saturated heterocycles. The molecule has 0 aliphatic heterocycles. The van der Waals surface area contributed by atoms with E-state index in [9.17, 15) is 18.0 Å². The molecule has 3 aromatic carbocycles. The highest BCUT2D eigenvalue weighted by Crippen LogP contribution is 2.36. The van der Waals surface area contributed by atoms with Gasteiger partial charge in [0, 0.05) is 35.9 Å². The van der Waals surface area contributed by atoms with Crippen LogP contribution in [-0.4, -0.2) is 25.8 Å². The predicted octanol–water partition coefficient (Wildman–Crippen LogP) is 6.92. The smallest absolute Gasteiger partial charge is 0.417 e. The van der Waals surface area contributed by atoms with Crippen molar-refractivity contribution in [1.82, 2.24) is 19.7 Å². The van der Waals surface area contributed by atoms with Gasteiger partial charge in [-0.1, -0.05) is 17.7 Å². The lowest BCUT2D eigenvalue weighted by molar-refractivity contribution is -0.137. The fraction of sp³-hybridized carbons (Fsp3) is 0.0400. The predicted molar refractivity (Wildman–Crippen MR) is 132 cm³/mol. The van der Waals surface area contributed by atoms with Gasteiger partial charge in [0.1, 0.15) is 11.5 Å². The van der Waals surface area contributed by atoms with E-state index in [4.69, 9.17) is 16.3 Å². The first kappa shape index (κ1) is 24.1. The number of benzene rings is 3. The summed E-state index contributed by atoms with van der Waals surface area (Å²) in [6.07, 6.45) is 0.366. The number of carbonyl (C=O) groups is 1. The number of nitrogens with one attached hydrogen (secondary N) is 2. The number of alkyl halides is 3. The van der Waals surface area contributed by atoms with E-state index in [0.29, 0.717) is 34.0 Å². The van der Waals surface area contributed by atoms with Crippen LogP contribution in [0.3, 0.4) is 0 Å². The second-order valence-electron chi connectivity index (χ2n) is 7.73. The number of ether oxygens (including phenoxy) is 1. The van der Waals surface area contributed by atoms with Crippen LogP contribution in [0, 0.1) is 0 Å². The minimum atomic E-state index is -4.65. The number of hydrogen-bond acceptors (Lipinski definition) is 5. The molecule has 2 heterocycles. The standard InChI is InChI=1S/C25H16ClF3N6O2/c26-20-7-5-16(12-19(20)25(27,28)29)33-24(36)32-15-3-1-4-17(11-15)37-18-6-8-21-22(13-18)34-23(14-30-21)35-10-2-9-31-35/h1-14H,(H2,32,33,36). The van der Waals surface area contributed by atoms with E-state index in [1.165, 1.54) is 6.07 Å². The Labute approximate surface area is 212 Å². The first-order valence-corrected chi connectivity index (χ1v) is 11.1. The maximum Gasteiger partial charge on any atom is 0.417 e. The van der Waals surface area contributed by atoms with Gasteiger partial charge >= 0.3 is 12.2 Å². The van der Waals surface area contributed by atoms with Crippen LogP contribution >= 0.6 is 11.6 Å². The Morgan fingerprint density at radius 3 is 2.46 bits per heavy atom. The van der Waals surface area contributed by atoms with Gasteiger partial charge in [0.15, 0.2) is 5.82 Å². The highest BCUT2D eigenvalue weighted by molar-refractivity contribution is 6.31. The van der Waals surface area contributed by atoms with Crippen LogP contribution in [0.4, 0.5) is 29.3 Å². The molecule has 5 rings (SSSR count). The zero-order chi connectivity index (χ0) is 26.0.